The molecule has 0 unspecified atom stereocenters. The number of nitriles is 1. The van der Waals surface area contributed by atoms with Crippen LogP contribution < -0.4 is 15.4 Å². The van der Waals surface area contributed by atoms with Gasteiger partial charge in [-0.05, 0) is 37.6 Å². The van der Waals surface area contributed by atoms with Crippen LogP contribution in [0.2, 0.25) is 5.02 Å². The van der Waals surface area contributed by atoms with Crippen LogP contribution in [-0.4, -0.2) is 72.7 Å². The van der Waals surface area contributed by atoms with Crippen LogP contribution in [0.5, 0.6) is 5.75 Å². The first-order valence-electron chi connectivity index (χ1n) is 10.9. The maximum Gasteiger partial charge on any atom is 0.239 e. The lowest BCUT2D eigenvalue weighted by atomic mass is 10.1. The number of nitrogens with zero attached hydrogens (tertiary/aromatic N) is 4. The van der Waals surface area contributed by atoms with E-state index in [4.69, 9.17) is 26.3 Å². The minimum absolute atomic E-state index is 0.0137. The van der Waals surface area contributed by atoms with E-state index in [2.05, 4.69) is 20.6 Å². The lowest BCUT2D eigenvalue weighted by Crippen LogP contribution is -2.49. The molecule has 0 bridgehead atoms. The van der Waals surface area contributed by atoms with E-state index < -0.39 is 0 Å². The molecule has 2 amide bonds. The molecule has 1 atom stereocenters. The number of benzene rings is 1. The summed E-state index contributed by atoms with van der Waals surface area (Å²) in [5, 5.41) is 15.3. The number of methoxy groups -OCH3 is 1. The van der Waals surface area contributed by atoms with E-state index >= 15 is 0 Å². The zero-order valence-electron chi connectivity index (χ0n) is 19.1. The normalized spacial score (nSPS) is 14.2. The van der Waals surface area contributed by atoms with Crippen molar-refractivity contribution in [1.29, 1.82) is 5.26 Å². The molecule has 0 saturated carbocycles. The van der Waals surface area contributed by atoms with Crippen LogP contribution in [0.25, 0.3) is 0 Å². The average molecular weight is 487 g/mol. The van der Waals surface area contributed by atoms with Gasteiger partial charge in [0.1, 0.15) is 11.8 Å². The molecule has 0 radical (unpaired) electrons. The number of aromatic nitrogens is 2. The lowest BCUT2D eigenvalue weighted by Gasteiger charge is -2.29. The molecular formula is C23H27ClN6O4. The molecule has 34 heavy (non-hydrogen) atoms. The van der Waals surface area contributed by atoms with E-state index in [-0.39, 0.29) is 30.0 Å². The van der Waals surface area contributed by atoms with E-state index in [0.717, 1.165) is 5.56 Å². The molecule has 1 aromatic carbocycles. The third-order valence-electron chi connectivity index (χ3n) is 5.34. The summed E-state index contributed by atoms with van der Waals surface area (Å²) < 4.78 is 10.7. The van der Waals surface area contributed by atoms with E-state index in [1.165, 1.54) is 19.5 Å². The zero-order chi connectivity index (χ0) is 24.5. The first kappa shape index (κ1) is 25.4. The molecule has 2 aromatic rings. The van der Waals surface area contributed by atoms with Crippen molar-refractivity contribution in [3.8, 4) is 11.8 Å². The highest BCUT2D eigenvalue weighted by Crippen LogP contribution is 2.31. The number of anilines is 1. The number of carbonyl (C=O) groups excluding carboxylic acids is 2. The summed E-state index contributed by atoms with van der Waals surface area (Å²) in [6.45, 7) is 4.74. The van der Waals surface area contributed by atoms with Gasteiger partial charge in [-0.25, -0.2) is 4.98 Å². The zero-order valence-corrected chi connectivity index (χ0v) is 19.9. The van der Waals surface area contributed by atoms with E-state index in [9.17, 15) is 9.59 Å². The number of morpholine rings is 1. The lowest BCUT2D eigenvalue weighted by molar-refractivity contribution is -0.137. The van der Waals surface area contributed by atoms with E-state index in [1.807, 2.05) is 13.0 Å². The quantitative estimate of drug-likeness (QED) is 0.546. The first-order chi connectivity index (χ1) is 16.4. The maximum absolute atomic E-state index is 12.5. The molecule has 1 saturated heterocycles. The molecule has 0 spiro atoms. The summed E-state index contributed by atoms with van der Waals surface area (Å²) in [6.07, 6.45) is 3.27. The number of ether oxygens (including phenoxy) is 2. The van der Waals surface area contributed by atoms with Crippen LogP contribution in [0, 0.1) is 11.3 Å². The van der Waals surface area contributed by atoms with E-state index in [0.29, 0.717) is 61.4 Å². The highest BCUT2D eigenvalue weighted by molar-refractivity contribution is 6.31. The van der Waals surface area contributed by atoms with Gasteiger partial charge in [0.05, 0.1) is 56.6 Å². The Morgan fingerprint density at radius 2 is 2.06 bits per heavy atom. The number of halogens is 1. The molecule has 180 valence electrons. The van der Waals surface area contributed by atoms with Gasteiger partial charge in [-0.2, -0.15) is 5.26 Å². The van der Waals surface area contributed by atoms with Gasteiger partial charge in [0, 0.05) is 18.1 Å². The molecule has 2 N–H and O–H groups in total. The van der Waals surface area contributed by atoms with Crippen LogP contribution in [0.1, 0.15) is 23.9 Å². The van der Waals surface area contributed by atoms with Crippen molar-refractivity contribution in [2.45, 2.75) is 25.8 Å². The summed E-state index contributed by atoms with van der Waals surface area (Å²) in [7, 11) is 1.51. The number of rotatable bonds is 9. The number of nitrogens with one attached hydrogen (secondary N) is 2. The first-order valence-corrected chi connectivity index (χ1v) is 11.3. The topological polar surface area (TPSA) is 129 Å². The summed E-state index contributed by atoms with van der Waals surface area (Å²) in [6, 6.07) is 4.98. The Morgan fingerprint density at radius 1 is 1.29 bits per heavy atom. The highest BCUT2D eigenvalue weighted by Gasteiger charge is 2.22. The second kappa shape index (κ2) is 12.3. The van der Waals surface area contributed by atoms with Crippen molar-refractivity contribution in [2.24, 2.45) is 0 Å². The SMILES string of the molecule is COc1cc(CCN[C@@H](C)C(=O)N2CCOCC2)c(Cl)cc1NC(=O)Cc1cnc(C#N)cn1. The van der Waals surface area contributed by atoms with Gasteiger partial charge in [0.15, 0.2) is 5.69 Å². The molecule has 2 heterocycles. The Labute approximate surface area is 203 Å². The molecular weight excluding hydrogens is 460 g/mol. The minimum atomic E-state index is -0.321. The second-order valence-electron chi connectivity index (χ2n) is 7.74. The standard InChI is InChI=1S/C23H27ClN6O4/c1-15(23(32)30-5-7-34-8-6-30)26-4-3-16-9-21(33-2)20(11-19(16)24)29-22(31)10-17-13-28-18(12-25)14-27-17/h9,11,13-15,26H,3-8,10H2,1-2H3,(H,29,31)/t15-/m0/s1. The third-order valence-corrected chi connectivity index (χ3v) is 5.69. The fourth-order valence-corrected chi connectivity index (χ4v) is 3.74. The Balaban J connectivity index is 1.56. The van der Waals surface area contributed by atoms with Gasteiger partial charge in [0.2, 0.25) is 11.8 Å². The molecule has 1 aliphatic rings. The van der Waals surface area contributed by atoms with Crippen molar-refractivity contribution < 1.29 is 19.1 Å². The van der Waals surface area contributed by atoms with Gasteiger partial charge >= 0.3 is 0 Å². The molecule has 1 aromatic heterocycles. The molecule has 1 fully saturated rings. The van der Waals surface area contributed by atoms with Crippen LogP contribution >= 0.6 is 11.6 Å². The van der Waals surface area contributed by atoms with Gasteiger partial charge in [-0.15, -0.1) is 0 Å². The fourth-order valence-electron chi connectivity index (χ4n) is 3.48. The summed E-state index contributed by atoms with van der Waals surface area (Å²) in [4.78, 5) is 34.7. The van der Waals surface area contributed by atoms with Gasteiger partial charge in [-0.1, -0.05) is 11.6 Å². The Morgan fingerprint density at radius 3 is 2.71 bits per heavy atom. The predicted octanol–water partition coefficient (Wildman–Crippen LogP) is 1.57. The minimum Gasteiger partial charge on any atom is -0.495 e. The molecule has 10 nitrogen and oxygen atoms in total. The number of carbonyl (C=O) groups is 2. The van der Waals surface area contributed by atoms with Crippen molar-refractivity contribution in [1.82, 2.24) is 20.2 Å². The second-order valence-corrected chi connectivity index (χ2v) is 8.14. The molecule has 11 heteroatoms. The molecule has 1 aliphatic heterocycles. The molecule has 0 aliphatic carbocycles. The predicted molar refractivity (Wildman–Crippen MR) is 126 cm³/mol. The largest absolute Gasteiger partial charge is 0.495 e. The van der Waals surface area contributed by atoms with Crippen molar-refractivity contribution in [3.63, 3.8) is 0 Å². The smallest absolute Gasteiger partial charge is 0.239 e. The third kappa shape index (κ3) is 6.87. The van der Waals surface area contributed by atoms with Gasteiger partial charge < -0.3 is 25.0 Å². The molecule has 3 rings (SSSR count). The van der Waals surface area contributed by atoms with Crippen LogP contribution in [0.4, 0.5) is 5.69 Å². The van der Waals surface area contributed by atoms with Crippen molar-refractivity contribution in [2.75, 3.05) is 45.3 Å². The maximum atomic E-state index is 12.5. The Bertz CT molecular complexity index is 1050. The van der Waals surface area contributed by atoms with Crippen molar-refractivity contribution in [3.05, 3.63) is 46.5 Å². The van der Waals surface area contributed by atoms with Crippen LogP contribution in [-0.2, 0) is 27.2 Å². The van der Waals surface area contributed by atoms with Crippen molar-refractivity contribution >= 4 is 29.1 Å². The number of hydrogen-bond acceptors (Lipinski definition) is 8. The van der Waals surface area contributed by atoms with Crippen LogP contribution in [0.3, 0.4) is 0 Å². The number of amides is 2. The fraction of sp³-hybridized carbons (Fsp3) is 0.435. The van der Waals surface area contributed by atoms with Crippen LogP contribution in [0.15, 0.2) is 24.5 Å². The average Bonchev–Trinajstić information content (AvgIpc) is 2.85. The van der Waals surface area contributed by atoms with Gasteiger partial charge in [0.25, 0.3) is 0 Å². The Kier molecular flexibility index (Phi) is 9.16. The number of hydrogen-bond donors (Lipinski definition) is 2. The summed E-state index contributed by atoms with van der Waals surface area (Å²) in [5.41, 5.74) is 1.88. The summed E-state index contributed by atoms with van der Waals surface area (Å²) >= 11 is 6.46. The Hall–Kier alpha value is -3.26. The summed E-state index contributed by atoms with van der Waals surface area (Å²) in [5.74, 6) is 0.200. The monoisotopic (exact) mass is 486 g/mol. The highest BCUT2D eigenvalue weighted by atomic mass is 35.5. The van der Waals surface area contributed by atoms with E-state index in [1.54, 1.807) is 17.0 Å². The van der Waals surface area contributed by atoms with Gasteiger partial charge in [-0.3, -0.25) is 14.6 Å².